The van der Waals surface area contributed by atoms with Crippen molar-refractivity contribution >= 4 is 34.4 Å². The van der Waals surface area contributed by atoms with Crippen molar-refractivity contribution in [1.29, 1.82) is 0 Å². The summed E-state index contributed by atoms with van der Waals surface area (Å²) in [7, 11) is 0. The highest BCUT2D eigenvalue weighted by Crippen LogP contribution is 2.41. The quantitative estimate of drug-likeness (QED) is 0.268. The fraction of sp³-hybridized carbons (Fsp3) is 0.115. The van der Waals surface area contributed by atoms with Gasteiger partial charge in [-0.3, -0.25) is 14.5 Å². The molecular formula is C26H20FN3O3. The van der Waals surface area contributed by atoms with Gasteiger partial charge in [-0.25, -0.2) is 9.37 Å². The minimum absolute atomic E-state index is 0.0268. The number of halogens is 1. The first-order valence-corrected chi connectivity index (χ1v) is 10.4. The molecule has 1 saturated heterocycles. The molecule has 0 saturated carbocycles. The van der Waals surface area contributed by atoms with Crippen molar-refractivity contribution in [3.63, 3.8) is 0 Å². The largest absolute Gasteiger partial charge is 0.507 e. The molecule has 3 aromatic carbocycles. The molecule has 1 amide bonds. The van der Waals surface area contributed by atoms with E-state index in [0.29, 0.717) is 22.2 Å². The number of aliphatic hydroxyl groups excluding tert-OH is 1. The van der Waals surface area contributed by atoms with Crippen LogP contribution in [-0.2, 0) is 9.59 Å². The summed E-state index contributed by atoms with van der Waals surface area (Å²) in [6.45, 7) is 3.86. The molecule has 4 aromatic rings. The van der Waals surface area contributed by atoms with Crippen molar-refractivity contribution in [2.75, 3.05) is 4.90 Å². The number of amides is 1. The average molecular weight is 441 g/mol. The van der Waals surface area contributed by atoms with E-state index in [4.69, 9.17) is 0 Å². The third-order valence-corrected chi connectivity index (χ3v) is 6.00. The highest BCUT2D eigenvalue weighted by Gasteiger charge is 2.48. The SMILES string of the molecule is Cc1ccc(/C(O)=C2\C(=O)C(=O)N(c3nc4ccc(F)cc4[nH]3)C2c2ccccc2)cc1C. The number of imidazole rings is 1. The molecule has 33 heavy (non-hydrogen) atoms. The lowest BCUT2D eigenvalue weighted by Crippen LogP contribution is -2.30. The first-order valence-electron chi connectivity index (χ1n) is 10.4. The zero-order valence-electron chi connectivity index (χ0n) is 18.0. The molecule has 1 unspecified atom stereocenters. The third-order valence-electron chi connectivity index (χ3n) is 6.00. The second-order valence-electron chi connectivity index (χ2n) is 8.10. The van der Waals surface area contributed by atoms with Crippen LogP contribution in [0.15, 0.2) is 72.3 Å². The van der Waals surface area contributed by atoms with E-state index >= 15 is 0 Å². The van der Waals surface area contributed by atoms with E-state index in [9.17, 15) is 19.1 Å². The van der Waals surface area contributed by atoms with Crippen LogP contribution in [0.5, 0.6) is 0 Å². The lowest BCUT2D eigenvalue weighted by atomic mass is 9.94. The maximum Gasteiger partial charge on any atom is 0.302 e. The predicted molar refractivity (Wildman–Crippen MR) is 123 cm³/mol. The van der Waals surface area contributed by atoms with Gasteiger partial charge in [0.05, 0.1) is 22.6 Å². The summed E-state index contributed by atoms with van der Waals surface area (Å²) in [4.78, 5) is 35.0. The Bertz CT molecular complexity index is 1460. The van der Waals surface area contributed by atoms with Gasteiger partial charge in [0, 0.05) is 5.56 Å². The normalized spacial score (nSPS) is 17.8. The van der Waals surface area contributed by atoms with Crippen molar-refractivity contribution in [1.82, 2.24) is 9.97 Å². The summed E-state index contributed by atoms with van der Waals surface area (Å²) < 4.78 is 13.7. The lowest BCUT2D eigenvalue weighted by molar-refractivity contribution is -0.132. The van der Waals surface area contributed by atoms with Crippen LogP contribution >= 0.6 is 0 Å². The third kappa shape index (κ3) is 3.38. The Morgan fingerprint density at radius 2 is 1.76 bits per heavy atom. The van der Waals surface area contributed by atoms with E-state index < -0.39 is 23.5 Å². The summed E-state index contributed by atoms with van der Waals surface area (Å²) >= 11 is 0. The van der Waals surface area contributed by atoms with Gasteiger partial charge in [0.25, 0.3) is 5.78 Å². The molecule has 1 aliphatic rings. The molecule has 2 heterocycles. The monoisotopic (exact) mass is 441 g/mol. The Kier molecular flexibility index (Phi) is 4.82. The summed E-state index contributed by atoms with van der Waals surface area (Å²) in [6, 6.07) is 17.4. The zero-order chi connectivity index (χ0) is 23.3. The standard InChI is InChI=1S/C26H20FN3O3/c1-14-8-9-17(12-15(14)2)23(31)21-22(16-6-4-3-5-7-16)30(25(33)24(21)32)26-28-19-11-10-18(27)13-20(19)29-26/h3-13,22,31H,1-2H3,(H,28,29)/b23-21+. The van der Waals surface area contributed by atoms with E-state index in [1.54, 1.807) is 36.4 Å². The molecule has 164 valence electrons. The second-order valence-corrected chi connectivity index (χ2v) is 8.10. The minimum Gasteiger partial charge on any atom is -0.507 e. The maximum atomic E-state index is 13.7. The Labute approximate surface area is 189 Å². The number of fused-ring (bicyclic) bond motifs is 1. The molecule has 1 aliphatic heterocycles. The van der Waals surface area contributed by atoms with E-state index in [-0.39, 0.29) is 17.3 Å². The molecule has 2 N–H and O–H groups in total. The van der Waals surface area contributed by atoms with Gasteiger partial charge < -0.3 is 10.1 Å². The van der Waals surface area contributed by atoms with Gasteiger partial charge in [-0.2, -0.15) is 0 Å². The highest BCUT2D eigenvalue weighted by atomic mass is 19.1. The van der Waals surface area contributed by atoms with Gasteiger partial charge in [-0.05, 0) is 54.8 Å². The molecule has 5 rings (SSSR count). The minimum atomic E-state index is -0.904. The fourth-order valence-electron chi connectivity index (χ4n) is 4.13. The number of carbonyl (C=O) groups is 2. The van der Waals surface area contributed by atoms with Crippen LogP contribution in [0.1, 0.15) is 28.3 Å². The molecule has 0 spiro atoms. The van der Waals surface area contributed by atoms with E-state index in [0.717, 1.165) is 11.1 Å². The van der Waals surface area contributed by atoms with Crippen LogP contribution in [0.25, 0.3) is 16.8 Å². The maximum absolute atomic E-state index is 13.7. The molecular weight excluding hydrogens is 421 g/mol. The molecule has 7 heteroatoms. The van der Waals surface area contributed by atoms with E-state index in [1.165, 1.54) is 23.1 Å². The average Bonchev–Trinajstić information content (AvgIpc) is 3.33. The van der Waals surface area contributed by atoms with Gasteiger partial charge >= 0.3 is 5.91 Å². The molecule has 1 aromatic heterocycles. The molecule has 0 bridgehead atoms. The number of hydrogen-bond donors (Lipinski definition) is 2. The smallest absolute Gasteiger partial charge is 0.302 e. The molecule has 6 nitrogen and oxygen atoms in total. The summed E-state index contributed by atoms with van der Waals surface area (Å²) in [5.41, 5.74) is 3.89. The Morgan fingerprint density at radius 3 is 2.48 bits per heavy atom. The van der Waals surface area contributed by atoms with Gasteiger partial charge in [0.1, 0.15) is 11.6 Å². The molecule has 0 radical (unpaired) electrons. The van der Waals surface area contributed by atoms with Crippen molar-refractivity contribution in [3.05, 3.63) is 100 Å². The van der Waals surface area contributed by atoms with Crippen LogP contribution in [0.3, 0.4) is 0 Å². The number of benzene rings is 3. The number of aromatic nitrogens is 2. The van der Waals surface area contributed by atoms with Crippen molar-refractivity contribution < 1.29 is 19.1 Å². The Morgan fingerprint density at radius 1 is 1.00 bits per heavy atom. The number of ketones is 1. The highest BCUT2D eigenvalue weighted by molar-refractivity contribution is 6.51. The topological polar surface area (TPSA) is 86.3 Å². The fourth-order valence-corrected chi connectivity index (χ4v) is 4.13. The molecule has 0 aliphatic carbocycles. The predicted octanol–water partition coefficient (Wildman–Crippen LogP) is 4.95. The second kappa shape index (κ2) is 7.70. The number of H-pyrrole nitrogens is 1. The summed E-state index contributed by atoms with van der Waals surface area (Å²) in [6.07, 6.45) is 0. The first kappa shape index (κ1) is 20.6. The number of hydrogen-bond acceptors (Lipinski definition) is 4. The molecule has 1 fully saturated rings. The van der Waals surface area contributed by atoms with Crippen LogP contribution < -0.4 is 4.90 Å². The Hall–Kier alpha value is -4.26. The van der Waals surface area contributed by atoms with Crippen molar-refractivity contribution in [3.8, 4) is 0 Å². The van der Waals surface area contributed by atoms with Crippen LogP contribution in [0, 0.1) is 19.7 Å². The number of aromatic amines is 1. The van der Waals surface area contributed by atoms with Crippen LogP contribution in [0.4, 0.5) is 10.3 Å². The molecule has 1 atom stereocenters. The number of aryl methyl sites for hydroxylation is 2. The van der Waals surface area contributed by atoms with Crippen molar-refractivity contribution in [2.24, 2.45) is 0 Å². The van der Waals surface area contributed by atoms with Crippen molar-refractivity contribution in [2.45, 2.75) is 19.9 Å². The number of carbonyl (C=O) groups excluding carboxylic acids is 2. The zero-order valence-corrected chi connectivity index (χ0v) is 18.0. The number of nitrogens with one attached hydrogen (secondary N) is 1. The van der Waals surface area contributed by atoms with E-state index in [1.807, 2.05) is 26.0 Å². The van der Waals surface area contributed by atoms with Crippen LogP contribution in [0.2, 0.25) is 0 Å². The van der Waals surface area contributed by atoms with Gasteiger partial charge in [-0.1, -0.05) is 42.5 Å². The number of Topliss-reactive ketones (excluding diaryl/α,β-unsaturated/α-hetero) is 1. The number of rotatable bonds is 3. The lowest BCUT2D eigenvalue weighted by Gasteiger charge is -2.23. The van der Waals surface area contributed by atoms with E-state index in [2.05, 4.69) is 9.97 Å². The van der Waals surface area contributed by atoms with Gasteiger partial charge in [-0.15, -0.1) is 0 Å². The Balaban J connectivity index is 1.73. The summed E-state index contributed by atoms with van der Waals surface area (Å²) in [5, 5.41) is 11.2. The van der Waals surface area contributed by atoms with Gasteiger partial charge in [0.15, 0.2) is 0 Å². The first-order chi connectivity index (χ1) is 15.8. The van der Waals surface area contributed by atoms with Gasteiger partial charge in [0.2, 0.25) is 5.95 Å². The number of aliphatic hydroxyl groups is 1. The van der Waals surface area contributed by atoms with Crippen LogP contribution in [-0.4, -0.2) is 26.8 Å². The number of anilines is 1. The number of nitrogens with zero attached hydrogens (tertiary/aromatic N) is 2. The summed E-state index contributed by atoms with van der Waals surface area (Å²) in [5.74, 6) is -2.24.